The van der Waals surface area contributed by atoms with E-state index in [0.717, 1.165) is 16.7 Å². The number of aliphatic carboxylic acids is 1. The zero-order chi connectivity index (χ0) is 21.7. The number of benzene rings is 3. The van der Waals surface area contributed by atoms with Crippen LogP contribution in [0.25, 0.3) is 0 Å². The molecular formula is C24H21ClNNaO4. The molecule has 0 aromatic heterocycles. The Morgan fingerprint density at radius 3 is 2.42 bits per heavy atom. The molecular weight excluding hydrogens is 425 g/mol. The smallest absolute Gasteiger partial charge is 0.550 e. The normalized spacial score (nSPS) is 10.2. The molecule has 31 heavy (non-hydrogen) atoms. The number of carboxylic acid groups (broad SMARTS) is 1. The summed E-state index contributed by atoms with van der Waals surface area (Å²) in [5.41, 5.74) is 4.25. The van der Waals surface area contributed by atoms with Crippen molar-refractivity contribution in [3.8, 4) is 5.75 Å². The third kappa shape index (κ3) is 7.11. The van der Waals surface area contributed by atoms with Gasteiger partial charge in [0.05, 0.1) is 0 Å². The summed E-state index contributed by atoms with van der Waals surface area (Å²) in [6.45, 7) is 4.00. The van der Waals surface area contributed by atoms with E-state index >= 15 is 0 Å². The first-order valence-corrected chi connectivity index (χ1v) is 9.78. The maximum absolute atomic E-state index is 12.8. The Balaban J connectivity index is 0.00000341. The molecule has 0 aliphatic carbocycles. The molecule has 7 heteroatoms. The van der Waals surface area contributed by atoms with Gasteiger partial charge in [-0.15, -0.1) is 0 Å². The van der Waals surface area contributed by atoms with E-state index in [1.54, 1.807) is 30.3 Å². The second kappa shape index (κ2) is 11.3. The Morgan fingerprint density at radius 2 is 1.74 bits per heavy atom. The minimum Gasteiger partial charge on any atom is -0.550 e. The molecule has 0 spiro atoms. The molecule has 1 amide bonds. The minimum absolute atomic E-state index is 0. The molecule has 0 aliphatic rings. The van der Waals surface area contributed by atoms with Crippen LogP contribution in [0.5, 0.6) is 5.75 Å². The van der Waals surface area contributed by atoms with Gasteiger partial charge in [-0.3, -0.25) is 4.79 Å². The van der Waals surface area contributed by atoms with Crippen molar-refractivity contribution >= 4 is 29.2 Å². The van der Waals surface area contributed by atoms with Gasteiger partial charge in [-0.05, 0) is 66.4 Å². The van der Waals surface area contributed by atoms with Crippen molar-refractivity contribution in [2.75, 3.05) is 5.32 Å². The van der Waals surface area contributed by atoms with Crippen molar-refractivity contribution in [2.24, 2.45) is 0 Å². The molecule has 3 aromatic carbocycles. The average Bonchev–Trinajstić information content (AvgIpc) is 2.69. The summed E-state index contributed by atoms with van der Waals surface area (Å²) in [6.07, 6.45) is -0.166. The van der Waals surface area contributed by atoms with E-state index in [0.29, 0.717) is 34.2 Å². The van der Waals surface area contributed by atoms with E-state index in [9.17, 15) is 14.7 Å². The fourth-order valence-electron chi connectivity index (χ4n) is 3.06. The van der Waals surface area contributed by atoms with E-state index in [4.69, 9.17) is 16.3 Å². The van der Waals surface area contributed by atoms with Crippen LogP contribution in [0, 0.1) is 13.8 Å². The molecule has 0 heterocycles. The number of ether oxygens (including phenoxy) is 1. The molecule has 0 saturated carbocycles. The largest absolute Gasteiger partial charge is 1.00 e. The fourth-order valence-corrected chi connectivity index (χ4v) is 3.27. The SMILES string of the molecule is Cc1cc(CC(=O)[O-])ccc1NC(=O)c1cc(OCc2cccc(Cl)c2)ccc1C.[Na+]. The van der Waals surface area contributed by atoms with Gasteiger partial charge in [0.2, 0.25) is 0 Å². The minimum atomic E-state index is -1.14. The number of hydrogen-bond donors (Lipinski definition) is 1. The van der Waals surface area contributed by atoms with Gasteiger partial charge in [0, 0.05) is 28.7 Å². The molecule has 0 saturated heterocycles. The number of rotatable bonds is 7. The van der Waals surface area contributed by atoms with Gasteiger partial charge in [0.25, 0.3) is 5.91 Å². The molecule has 0 radical (unpaired) electrons. The molecule has 154 valence electrons. The molecule has 3 aromatic rings. The van der Waals surface area contributed by atoms with E-state index in [1.165, 1.54) is 0 Å². The number of amides is 1. The van der Waals surface area contributed by atoms with Crippen LogP contribution in [0.4, 0.5) is 5.69 Å². The van der Waals surface area contributed by atoms with Gasteiger partial charge in [-0.25, -0.2) is 0 Å². The van der Waals surface area contributed by atoms with E-state index in [1.807, 2.05) is 44.2 Å². The van der Waals surface area contributed by atoms with Gasteiger partial charge in [-0.2, -0.15) is 0 Å². The number of hydrogen-bond acceptors (Lipinski definition) is 4. The second-order valence-corrected chi connectivity index (χ2v) is 7.48. The summed E-state index contributed by atoms with van der Waals surface area (Å²) in [6, 6.07) is 17.8. The van der Waals surface area contributed by atoms with Gasteiger partial charge in [0.1, 0.15) is 12.4 Å². The number of nitrogens with one attached hydrogen (secondary N) is 1. The van der Waals surface area contributed by atoms with Crippen molar-refractivity contribution in [2.45, 2.75) is 26.9 Å². The van der Waals surface area contributed by atoms with Gasteiger partial charge < -0.3 is 20.0 Å². The first kappa shape index (κ1) is 25.0. The Morgan fingerprint density at radius 1 is 0.968 bits per heavy atom. The monoisotopic (exact) mass is 445 g/mol. The molecule has 3 rings (SSSR count). The number of carbonyl (C=O) groups is 2. The van der Waals surface area contributed by atoms with Crippen LogP contribution < -0.4 is 44.7 Å². The number of anilines is 1. The standard InChI is InChI=1S/C24H22ClNO4.Na/c1-15-6-8-20(30-14-18-4-3-5-19(25)11-18)13-21(15)24(29)26-22-9-7-17(10-16(22)2)12-23(27)28;/h3-11,13H,12,14H2,1-2H3,(H,26,29)(H,27,28);/q;+1/p-1. The summed E-state index contributed by atoms with van der Waals surface area (Å²) in [7, 11) is 0. The molecule has 0 atom stereocenters. The van der Waals surface area contributed by atoms with Gasteiger partial charge in [0.15, 0.2) is 0 Å². The summed E-state index contributed by atoms with van der Waals surface area (Å²) >= 11 is 6.00. The zero-order valence-corrected chi connectivity index (χ0v) is 20.5. The summed E-state index contributed by atoms with van der Waals surface area (Å²) in [5.74, 6) is -0.834. The van der Waals surface area contributed by atoms with Gasteiger partial charge >= 0.3 is 29.6 Å². The van der Waals surface area contributed by atoms with Crippen LogP contribution in [-0.4, -0.2) is 11.9 Å². The zero-order valence-electron chi connectivity index (χ0n) is 17.7. The molecule has 5 nitrogen and oxygen atoms in total. The van der Waals surface area contributed by atoms with Crippen molar-refractivity contribution < 1.29 is 49.0 Å². The third-order valence-corrected chi connectivity index (χ3v) is 4.87. The number of carbonyl (C=O) groups excluding carboxylic acids is 2. The Kier molecular flexibility index (Phi) is 9.14. The molecule has 0 bridgehead atoms. The van der Waals surface area contributed by atoms with E-state index in [-0.39, 0.29) is 41.9 Å². The quantitative estimate of drug-likeness (QED) is 0.552. The van der Waals surface area contributed by atoms with Crippen LogP contribution >= 0.6 is 11.6 Å². The van der Waals surface area contributed by atoms with E-state index < -0.39 is 5.97 Å². The van der Waals surface area contributed by atoms with E-state index in [2.05, 4.69) is 5.32 Å². The Hall–Kier alpha value is -2.31. The van der Waals surface area contributed by atoms with Crippen LogP contribution in [0.2, 0.25) is 5.02 Å². The van der Waals surface area contributed by atoms with Crippen molar-refractivity contribution in [3.63, 3.8) is 0 Å². The first-order chi connectivity index (χ1) is 14.3. The van der Waals surface area contributed by atoms with Crippen molar-refractivity contribution in [3.05, 3.63) is 93.5 Å². The van der Waals surface area contributed by atoms with Crippen LogP contribution in [-0.2, 0) is 17.8 Å². The van der Waals surface area contributed by atoms with Crippen LogP contribution in [0.3, 0.4) is 0 Å². The number of carboxylic acids is 1. The number of halogens is 1. The fraction of sp³-hybridized carbons (Fsp3) is 0.167. The van der Waals surface area contributed by atoms with Crippen LogP contribution in [0.1, 0.15) is 32.6 Å². The second-order valence-electron chi connectivity index (χ2n) is 7.05. The number of aryl methyl sites for hydroxylation is 2. The molecule has 0 unspecified atom stereocenters. The van der Waals surface area contributed by atoms with Gasteiger partial charge in [-0.1, -0.05) is 41.9 Å². The Labute approximate surface area is 208 Å². The predicted molar refractivity (Wildman–Crippen MR) is 115 cm³/mol. The molecule has 0 aliphatic heterocycles. The topological polar surface area (TPSA) is 78.5 Å². The summed E-state index contributed by atoms with van der Waals surface area (Å²) in [4.78, 5) is 23.6. The van der Waals surface area contributed by atoms with Crippen molar-refractivity contribution in [1.29, 1.82) is 0 Å². The maximum Gasteiger partial charge on any atom is 1.00 e. The molecule has 0 fully saturated rings. The van der Waals surface area contributed by atoms with Crippen LogP contribution in [0.15, 0.2) is 60.7 Å². The predicted octanol–water partition coefficient (Wildman–Crippen LogP) is 1.08. The molecule has 1 N–H and O–H groups in total. The first-order valence-electron chi connectivity index (χ1n) is 9.40. The summed E-state index contributed by atoms with van der Waals surface area (Å²) in [5, 5.41) is 14.3. The Bertz CT molecular complexity index is 1100. The maximum atomic E-state index is 12.8. The summed E-state index contributed by atoms with van der Waals surface area (Å²) < 4.78 is 5.82. The van der Waals surface area contributed by atoms with Crippen molar-refractivity contribution in [1.82, 2.24) is 0 Å². The third-order valence-electron chi connectivity index (χ3n) is 4.64. The average molecular weight is 446 g/mol.